The Bertz CT molecular complexity index is 1210. The van der Waals surface area contributed by atoms with Gasteiger partial charge in [-0.25, -0.2) is 14.5 Å². The third kappa shape index (κ3) is 3.42. The minimum atomic E-state index is 0.328. The van der Waals surface area contributed by atoms with Gasteiger partial charge in [0.25, 0.3) is 0 Å². The summed E-state index contributed by atoms with van der Waals surface area (Å²) in [4.78, 5) is 9.16. The number of hydrogen-bond acceptors (Lipinski definition) is 2. The van der Waals surface area contributed by atoms with Crippen molar-refractivity contribution in [2.75, 3.05) is 0 Å². The number of hydrogen-bond donors (Lipinski definition) is 0. The first kappa shape index (κ1) is 19.3. The van der Waals surface area contributed by atoms with Crippen LogP contribution in [0.3, 0.4) is 0 Å². The molecule has 3 nitrogen and oxygen atoms in total. The Hall–Kier alpha value is -3.07. The number of fused-ring (bicyclic) bond motifs is 1. The van der Waals surface area contributed by atoms with E-state index >= 15 is 0 Å². The minimum absolute atomic E-state index is 0.328. The predicted molar refractivity (Wildman–Crippen MR) is 120 cm³/mol. The van der Waals surface area contributed by atoms with Crippen LogP contribution in [0.15, 0.2) is 55.0 Å². The van der Waals surface area contributed by atoms with Crippen molar-refractivity contribution in [3.05, 3.63) is 77.5 Å². The highest BCUT2D eigenvalue weighted by atomic mass is 14.9. The van der Waals surface area contributed by atoms with Crippen LogP contribution >= 0.6 is 0 Å². The summed E-state index contributed by atoms with van der Waals surface area (Å²) in [6, 6.07) is 13.3. The molecule has 0 unspecified atom stereocenters. The van der Waals surface area contributed by atoms with E-state index in [1.165, 1.54) is 44.3 Å². The standard InChI is InChI=1S/C26H28N3/c1-16(2)26-27-14-20(15-28-26)21-8-7-9-23-22(21)10-11-29(6)25(23)24-13-17(3)12-18(4)19(24)5/h7-16H,1-6H3/q+1. The fourth-order valence-corrected chi connectivity index (χ4v) is 4.05. The van der Waals surface area contributed by atoms with Gasteiger partial charge in [0.1, 0.15) is 12.9 Å². The van der Waals surface area contributed by atoms with E-state index in [-0.39, 0.29) is 0 Å². The van der Waals surface area contributed by atoms with Crippen LogP contribution in [0.2, 0.25) is 0 Å². The van der Waals surface area contributed by atoms with Gasteiger partial charge in [0.05, 0.1) is 10.9 Å². The summed E-state index contributed by atoms with van der Waals surface area (Å²) in [6.07, 6.45) is 6.05. The second-order valence-electron chi connectivity index (χ2n) is 8.28. The van der Waals surface area contributed by atoms with E-state index in [2.05, 4.69) is 98.8 Å². The normalized spacial score (nSPS) is 11.4. The van der Waals surface area contributed by atoms with Crippen LogP contribution in [0.5, 0.6) is 0 Å². The summed E-state index contributed by atoms with van der Waals surface area (Å²) in [5, 5.41) is 2.47. The lowest BCUT2D eigenvalue weighted by Gasteiger charge is -2.13. The lowest BCUT2D eigenvalue weighted by Crippen LogP contribution is -2.31. The Morgan fingerprint density at radius 2 is 1.59 bits per heavy atom. The average Bonchev–Trinajstić information content (AvgIpc) is 2.70. The largest absolute Gasteiger partial charge is 0.240 e. The molecule has 0 N–H and O–H groups in total. The molecule has 0 fully saturated rings. The number of rotatable bonds is 3. The van der Waals surface area contributed by atoms with E-state index < -0.39 is 0 Å². The molecule has 3 heteroatoms. The second kappa shape index (κ2) is 7.40. The van der Waals surface area contributed by atoms with Crippen LogP contribution in [0.1, 0.15) is 42.3 Å². The zero-order valence-electron chi connectivity index (χ0n) is 18.1. The van der Waals surface area contributed by atoms with E-state index in [1.807, 2.05) is 12.4 Å². The Morgan fingerprint density at radius 1 is 0.862 bits per heavy atom. The summed E-state index contributed by atoms with van der Waals surface area (Å²) in [5.74, 6) is 1.21. The van der Waals surface area contributed by atoms with Crippen LogP contribution in [-0.4, -0.2) is 9.97 Å². The summed E-state index contributed by atoms with van der Waals surface area (Å²) in [7, 11) is 2.12. The fourth-order valence-electron chi connectivity index (χ4n) is 4.05. The molecule has 4 aromatic rings. The van der Waals surface area contributed by atoms with Gasteiger partial charge < -0.3 is 0 Å². The van der Waals surface area contributed by atoms with Crippen molar-refractivity contribution in [3.8, 4) is 22.4 Å². The van der Waals surface area contributed by atoms with E-state index in [9.17, 15) is 0 Å². The Labute approximate surface area is 173 Å². The Balaban J connectivity index is 1.98. The van der Waals surface area contributed by atoms with Gasteiger partial charge in [-0.05, 0) is 49.6 Å². The molecule has 0 aliphatic carbocycles. The maximum Gasteiger partial charge on any atom is 0.220 e. The van der Waals surface area contributed by atoms with Gasteiger partial charge in [0.2, 0.25) is 5.69 Å². The topological polar surface area (TPSA) is 29.7 Å². The second-order valence-corrected chi connectivity index (χ2v) is 8.28. The van der Waals surface area contributed by atoms with Crippen LogP contribution in [0.4, 0.5) is 0 Å². The SMILES string of the molecule is Cc1cc(C)c(C)c(-c2c3cccc(-c4cnc(C(C)C)nc4)c3cc[n+]2C)c1. The summed E-state index contributed by atoms with van der Waals surface area (Å²) < 4.78 is 2.23. The molecule has 146 valence electrons. The first-order chi connectivity index (χ1) is 13.9. The number of benzene rings is 2. The van der Waals surface area contributed by atoms with Crippen molar-refractivity contribution in [1.29, 1.82) is 0 Å². The molecule has 0 bridgehead atoms. The van der Waals surface area contributed by atoms with Crippen LogP contribution < -0.4 is 4.57 Å². The van der Waals surface area contributed by atoms with Crippen LogP contribution in [-0.2, 0) is 7.05 Å². The number of aryl methyl sites for hydroxylation is 3. The lowest BCUT2D eigenvalue weighted by molar-refractivity contribution is -0.659. The molecule has 29 heavy (non-hydrogen) atoms. The quantitative estimate of drug-likeness (QED) is 0.417. The molecule has 4 rings (SSSR count). The first-order valence-corrected chi connectivity index (χ1v) is 10.2. The molecule has 0 saturated heterocycles. The molecule has 0 atom stereocenters. The average molecular weight is 383 g/mol. The molecule has 0 amide bonds. The van der Waals surface area contributed by atoms with Crippen molar-refractivity contribution in [2.24, 2.45) is 7.05 Å². The molecular formula is C26H28N3+. The Kier molecular flexibility index (Phi) is 4.91. The monoisotopic (exact) mass is 382 g/mol. The summed E-state index contributed by atoms with van der Waals surface area (Å²) in [5.41, 5.74) is 8.69. The van der Waals surface area contributed by atoms with Gasteiger partial charge in [0, 0.05) is 35.3 Å². The highest BCUT2D eigenvalue weighted by molar-refractivity contribution is 6.02. The van der Waals surface area contributed by atoms with E-state index in [4.69, 9.17) is 0 Å². The highest BCUT2D eigenvalue weighted by Gasteiger charge is 2.20. The zero-order valence-corrected chi connectivity index (χ0v) is 18.1. The number of nitrogens with zero attached hydrogens (tertiary/aromatic N) is 3. The molecule has 2 aromatic carbocycles. The molecule has 0 spiro atoms. The molecule has 0 aliphatic heterocycles. The van der Waals surface area contributed by atoms with Gasteiger partial charge in [-0.3, -0.25) is 0 Å². The first-order valence-electron chi connectivity index (χ1n) is 10.2. The molecule has 2 heterocycles. The summed E-state index contributed by atoms with van der Waals surface area (Å²) >= 11 is 0. The minimum Gasteiger partial charge on any atom is -0.240 e. The predicted octanol–water partition coefficient (Wildman–Crippen LogP) is 5.84. The lowest BCUT2D eigenvalue weighted by atomic mass is 9.92. The van der Waals surface area contributed by atoms with E-state index in [0.29, 0.717) is 5.92 Å². The van der Waals surface area contributed by atoms with Gasteiger partial charge in [-0.2, -0.15) is 0 Å². The van der Waals surface area contributed by atoms with Gasteiger partial charge >= 0.3 is 0 Å². The van der Waals surface area contributed by atoms with Crippen molar-refractivity contribution < 1.29 is 4.57 Å². The van der Waals surface area contributed by atoms with Crippen molar-refractivity contribution in [1.82, 2.24) is 9.97 Å². The smallest absolute Gasteiger partial charge is 0.220 e. The molecule has 0 radical (unpaired) electrons. The molecule has 0 saturated carbocycles. The van der Waals surface area contributed by atoms with Crippen molar-refractivity contribution in [3.63, 3.8) is 0 Å². The summed E-state index contributed by atoms with van der Waals surface area (Å²) in [6.45, 7) is 10.8. The third-order valence-corrected chi connectivity index (χ3v) is 5.74. The van der Waals surface area contributed by atoms with Gasteiger partial charge in [0.15, 0.2) is 6.20 Å². The fraction of sp³-hybridized carbons (Fsp3) is 0.269. The van der Waals surface area contributed by atoms with Crippen molar-refractivity contribution >= 4 is 10.8 Å². The molecular weight excluding hydrogens is 354 g/mol. The number of aromatic nitrogens is 3. The maximum atomic E-state index is 4.58. The van der Waals surface area contributed by atoms with Gasteiger partial charge in [-0.15, -0.1) is 0 Å². The maximum absolute atomic E-state index is 4.58. The highest BCUT2D eigenvalue weighted by Crippen LogP contribution is 2.34. The third-order valence-electron chi connectivity index (χ3n) is 5.74. The van der Waals surface area contributed by atoms with Crippen LogP contribution in [0, 0.1) is 20.8 Å². The molecule has 0 aliphatic rings. The van der Waals surface area contributed by atoms with E-state index in [0.717, 1.165) is 11.4 Å². The Morgan fingerprint density at radius 3 is 2.28 bits per heavy atom. The zero-order chi connectivity index (χ0) is 20.7. The number of pyridine rings is 1. The van der Waals surface area contributed by atoms with Crippen molar-refractivity contribution in [2.45, 2.75) is 40.5 Å². The van der Waals surface area contributed by atoms with E-state index in [1.54, 1.807) is 0 Å². The van der Waals surface area contributed by atoms with Crippen LogP contribution in [0.25, 0.3) is 33.2 Å². The molecule has 2 aromatic heterocycles. The van der Waals surface area contributed by atoms with Gasteiger partial charge in [-0.1, -0.05) is 37.6 Å².